The SMILES string of the molecule is COCC(O)C(C#N)c1ccc(C(C)C)cc1. The molecule has 3 heteroatoms. The first-order valence-electron chi connectivity index (χ1n) is 5.76. The largest absolute Gasteiger partial charge is 0.389 e. The van der Waals surface area contributed by atoms with Crippen LogP contribution in [0.3, 0.4) is 0 Å². The van der Waals surface area contributed by atoms with Gasteiger partial charge in [0.1, 0.15) is 0 Å². The lowest BCUT2D eigenvalue weighted by Gasteiger charge is -2.16. The fraction of sp³-hybridized carbons (Fsp3) is 0.500. The van der Waals surface area contributed by atoms with E-state index in [0.717, 1.165) is 5.56 Å². The maximum Gasteiger partial charge on any atom is 0.0994 e. The van der Waals surface area contributed by atoms with Gasteiger partial charge in [-0.15, -0.1) is 0 Å². The van der Waals surface area contributed by atoms with Crippen molar-refractivity contribution in [1.29, 1.82) is 5.26 Å². The van der Waals surface area contributed by atoms with Gasteiger partial charge in [0.05, 0.1) is 24.7 Å². The number of benzene rings is 1. The molecule has 0 saturated heterocycles. The van der Waals surface area contributed by atoms with Crippen LogP contribution in [0.5, 0.6) is 0 Å². The topological polar surface area (TPSA) is 53.2 Å². The van der Waals surface area contributed by atoms with E-state index in [0.29, 0.717) is 5.92 Å². The van der Waals surface area contributed by atoms with Crippen LogP contribution in [0.1, 0.15) is 36.8 Å². The molecule has 0 aliphatic carbocycles. The van der Waals surface area contributed by atoms with Crippen LogP contribution in [0, 0.1) is 11.3 Å². The molecule has 92 valence electrons. The average molecular weight is 233 g/mol. The van der Waals surface area contributed by atoms with Crippen molar-refractivity contribution in [1.82, 2.24) is 0 Å². The highest BCUT2D eigenvalue weighted by atomic mass is 16.5. The van der Waals surface area contributed by atoms with Gasteiger partial charge in [-0.25, -0.2) is 0 Å². The van der Waals surface area contributed by atoms with Crippen LogP contribution in [-0.2, 0) is 4.74 Å². The Morgan fingerprint density at radius 3 is 2.18 bits per heavy atom. The quantitative estimate of drug-likeness (QED) is 0.849. The lowest BCUT2D eigenvalue weighted by Crippen LogP contribution is -2.22. The molecule has 0 radical (unpaired) electrons. The first-order chi connectivity index (χ1) is 8.10. The number of nitrogens with zero attached hydrogens (tertiary/aromatic N) is 1. The number of methoxy groups -OCH3 is 1. The Hall–Kier alpha value is -1.37. The van der Waals surface area contributed by atoms with Crippen LogP contribution in [0.15, 0.2) is 24.3 Å². The minimum atomic E-state index is -0.782. The van der Waals surface area contributed by atoms with Gasteiger partial charge in [0, 0.05) is 7.11 Å². The molecule has 0 fully saturated rings. The number of aliphatic hydroxyl groups is 1. The van der Waals surface area contributed by atoms with Crippen molar-refractivity contribution in [3.63, 3.8) is 0 Å². The number of ether oxygens (including phenoxy) is 1. The lowest BCUT2D eigenvalue weighted by atomic mass is 9.92. The van der Waals surface area contributed by atoms with Crippen molar-refractivity contribution in [3.05, 3.63) is 35.4 Å². The Labute approximate surface area is 103 Å². The molecule has 17 heavy (non-hydrogen) atoms. The fourth-order valence-corrected chi connectivity index (χ4v) is 1.74. The molecule has 0 spiro atoms. The molecule has 1 rings (SSSR count). The van der Waals surface area contributed by atoms with Gasteiger partial charge in [-0.3, -0.25) is 0 Å². The van der Waals surface area contributed by atoms with Crippen molar-refractivity contribution in [3.8, 4) is 6.07 Å². The molecular weight excluding hydrogens is 214 g/mol. The molecule has 0 aliphatic heterocycles. The lowest BCUT2D eigenvalue weighted by molar-refractivity contribution is 0.0571. The van der Waals surface area contributed by atoms with Gasteiger partial charge in [0.2, 0.25) is 0 Å². The molecule has 0 saturated carbocycles. The normalized spacial score (nSPS) is 14.4. The van der Waals surface area contributed by atoms with Gasteiger partial charge in [0.25, 0.3) is 0 Å². The minimum Gasteiger partial charge on any atom is -0.389 e. The van der Waals surface area contributed by atoms with E-state index in [1.807, 2.05) is 24.3 Å². The van der Waals surface area contributed by atoms with E-state index in [2.05, 4.69) is 19.9 Å². The number of hydrogen-bond donors (Lipinski definition) is 1. The molecule has 0 heterocycles. The molecule has 0 amide bonds. The van der Waals surface area contributed by atoms with E-state index >= 15 is 0 Å². The summed E-state index contributed by atoms with van der Waals surface area (Å²) < 4.78 is 4.87. The van der Waals surface area contributed by atoms with E-state index in [1.165, 1.54) is 12.7 Å². The second-order valence-corrected chi connectivity index (χ2v) is 4.45. The monoisotopic (exact) mass is 233 g/mol. The molecular formula is C14H19NO2. The molecule has 2 unspecified atom stereocenters. The Morgan fingerprint density at radius 2 is 1.76 bits per heavy atom. The predicted molar refractivity (Wildman–Crippen MR) is 66.8 cm³/mol. The van der Waals surface area contributed by atoms with Crippen molar-refractivity contribution < 1.29 is 9.84 Å². The van der Waals surface area contributed by atoms with Gasteiger partial charge in [-0.05, 0) is 17.0 Å². The highest BCUT2D eigenvalue weighted by Gasteiger charge is 2.20. The second-order valence-electron chi connectivity index (χ2n) is 4.45. The summed E-state index contributed by atoms with van der Waals surface area (Å²) >= 11 is 0. The summed E-state index contributed by atoms with van der Waals surface area (Å²) in [4.78, 5) is 0. The van der Waals surface area contributed by atoms with Crippen LogP contribution in [-0.4, -0.2) is 24.9 Å². The predicted octanol–water partition coefficient (Wildman–Crippen LogP) is 2.42. The first-order valence-corrected chi connectivity index (χ1v) is 5.76. The van der Waals surface area contributed by atoms with Crippen molar-refractivity contribution in [2.24, 2.45) is 0 Å². The molecule has 1 aromatic rings. The summed E-state index contributed by atoms with van der Waals surface area (Å²) in [5.41, 5.74) is 2.06. The van der Waals surface area contributed by atoms with Crippen LogP contribution in [0.25, 0.3) is 0 Å². The zero-order valence-electron chi connectivity index (χ0n) is 10.6. The van der Waals surface area contributed by atoms with Crippen molar-refractivity contribution >= 4 is 0 Å². The molecule has 2 atom stereocenters. The van der Waals surface area contributed by atoms with E-state index in [-0.39, 0.29) is 6.61 Å². The Morgan fingerprint density at radius 1 is 1.24 bits per heavy atom. The highest BCUT2D eigenvalue weighted by Crippen LogP contribution is 2.22. The summed E-state index contributed by atoms with van der Waals surface area (Å²) in [6.07, 6.45) is -0.782. The number of hydrogen-bond acceptors (Lipinski definition) is 3. The van der Waals surface area contributed by atoms with Gasteiger partial charge in [0.15, 0.2) is 0 Å². The number of aliphatic hydroxyl groups excluding tert-OH is 1. The fourth-order valence-electron chi connectivity index (χ4n) is 1.74. The van der Waals surface area contributed by atoms with Gasteiger partial charge in [-0.1, -0.05) is 38.1 Å². The summed E-state index contributed by atoms with van der Waals surface area (Å²) in [5, 5.41) is 18.9. The highest BCUT2D eigenvalue weighted by molar-refractivity contribution is 5.31. The standard InChI is InChI=1S/C14H19NO2/c1-10(2)11-4-6-12(7-5-11)13(8-15)14(16)9-17-3/h4-7,10,13-14,16H,9H2,1-3H3. The minimum absolute atomic E-state index is 0.171. The molecule has 3 nitrogen and oxygen atoms in total. The smallest absolute Gasteiger partial charge is 0.0994 e. The van der Waals surface area contributed by atoms with E-state index < -0.39 is 12.0 Å². The van der Waals surface area contributed by atoms with Gasteiger partial charge >= 0.3 is 0 Å². The number of nitriles is 1. The van der Waals surface area contributed by atoms with Crippen LogP contribution in [0.4, 0.5) is 0 Å². The van der Waals surface area contributed by atoms with Crippen molar-refractivity contribution in [2.75, 3.05) is 13.7 Å². The molecule has 0 bridgehead atoms. The third-order valence-electron chi connectivity index (χ3n) is 2.82. The second kappa shape index (κ2) is 6.39. The Kier molecular flexibility index (Phi) is 5.14. The summed E-state index contributed by atoms with van der Waals surface area (Å²) in [6, 6.07) is 9.94. The zero-order chi connectivity index (χ0) is 12.8. The molecule has 0 aromatic heterocycles. The Bertz CT molecular complexity index is 378. The maximum absolute atomic E-state index is 9.79. The van der Waals surface area contributed by atoms with Crippen molar-refractivity contribution in [2.45, 2.75) is 31.8 Å². The van der Waals surface area contributed by atoms with Crippen LogP contribution in [0.2, 0.25) is 0 Å². The van der Waals surface area contributed by atoms with Crippen LogP contribution < -0.4 is 0 Å². The summed E-state index contributed by atoms with van der Waals surface area (Å²) in [7, 11) is 1.51. The summed E-state index contributed by atoms with van der Waals surface area (Å²) in [6.45, 7) is 4.41. The average Bonchev–Trinajstić information content (AvgIpc) is 2.31. The van der Waals surface area contributed by atoms with E-state index in [1.54, 1.807) is 0 Å². The third kappa shape index (κ3) is 3.55. The molecule has 0 aliphatic rings. The first kappa shape index (κ1) is 13.7. The maximum atomic E-state index is 9.79. The number of rotatable bonds is 5. The van der Waals surface area contributed by atoms with E-state index in [4.69, 9.17) is 10.00 Å². The Balaban J connectivity index is 2.87. The molecule has 1 N–H and O–H groups in total. The molecule has 1 aromatic carbocycles. The van der Waals surface area contributed by atoms with Crippen LogP contribution >= 0.6 is 0 Å². The van der Waals surface area contributed by atoms with Gasteiger partial charge < -0.3 is 9.84 Å². The van der Waals surface area contributed by atoms with E-state index in [9.17, 15) is 5.11 Å². The summed E-state index contributed by atoms with van der Waals surface area (Å²) in [5.74, 6) is -0.0651. The third-order valence-corrected chi connectivity index (χ3v) is 2.82. The zero-order valence-corrected chi connectivity index (χ0v) is 10.6. The van der Waals surface area contributed by atoms with Gasteiger partial charge in [-0.2, -0.15) is 5.26 Å².